The summed E-state index contributed by atoms with van der Waals surface area (Å²) in [5.74, 6) is 0. The normalized spacial score (nSPS) is 11.4. The van der Waals surface area contributed by atoms with E-state index in [9.17, 15) is 13.6 Å². The standard InChI is InChI=1S/C28H27F2N5O/c1-19-24(22-11-12-23-21(18-22)10-5-15-31-23)28(36)35-27(32-19)26(34(16-6-13-29)17-7-14-30)25(33-35)20-8-3-2-4-9-20/h2-5,8-12,15,18,33H,6-7,13-14,16-17H2,1H3. The first kappa shape index (κ1) is 23.7. The Kier molecular flexibility index (Phi) is 6.75. The number of halogens is 2. The number of nitrogens with one attached hydrogen (secondary N) is 1. The molecule has 0 saturated carbocycles. The minimum atomic E-state index is -0.484. The van der Waals surface area contributed by atoms with Crippen molar-refractivity contribution in [3.8, 4) is 22.4 Å². The molecule has 0 aliphatic carbocycles. The third-order valence-corrected chi connectivity index (χ3v) is 6.33. The lowest BCUT2D eigenvalue weighted by molar-refractivity contribution is 0.454. The van der Waals surface area contributed by atoms with Crippen molar-refractivity contribution in [2.24, 2.45) is 0 Å². The molecule has 3 heterocycles. The van der Waals surface area contributed by atoms with E-state index in [-0.39, 0.29) is 5.56 Å². The van der Waals surface area contributed by atoms with E-state index in [2.05, 4.69) is 10.1 Å². The van der Waals surface area contributed by atoms with Gasteiger partial charge in [-0.1, -0.05) is 42.5 Å². The Bertz CT molecular complexity index is 1550. The third kappa shape index (κ3) is 4.34. The van der Waals surface area contributed by atoms with Crippen molar-refractivity contribution in [3.63, 3.8) is 0 Å². The van der Waals surface area contributed by atoms with Crippen LogP contribution in [0.2, 0.25) is 0 Å². The molecular weight excluding hydrogens is 460 g/mol. The number of alkyl halides is 2. The molecule has 3 aromatic heterocycles. The van der Waals surface area contributed by atoms with Crippen LogP contribution < -0.4 is 10.5 Å². The molecule has 184 valence electrons. The Balaban J connectivity index is 1.75. The SMILES string of the molecule is Cc1nc2c(N(CCCF)CCCF)c(-c3ccccc3)[nH]n2c(=O)c1-c1ccc2ncccc2c1. The largest absolute Gasteiger partial charge is 0.367 e. The fraction of sp³-hybridized carbons (Fsp3) is 0.250. The molecular formula is C28H27F2N5O. The highest BCUT2D eigenvalue weighted by Gasteiger charge is 2.24. The van der Waals surface area contributed by atoms with E-state index in [1.807, 2.05) is 72.5 Å². The lowest BCUT2D eigenvalue weighted by Crippen LogP contribution is -2.27. The van der Waals surface area contributed by atoms with Gasteiger partial charge < -0.3 is 4.90 Å². The number of anilines is 1. The lowest BCUT2D eigenvalue weighted by Gasteiger charge is -2.24. The zero-order valence-electron chi connectivity index (χ0n) is 20.0. The van der Waals surface area contributed by atoms with Gasteiger partial charge in [-0.25, -0.2) is 4.98 Å². The van der Waals surface area contributed by atoms with Gasteiger partial charge in [0.15, 0.2) is 5.65 Å². The van der Waals surface area contributed by atoms with Gasteiger partial charge in [-0.15, -0.1) is 0 Å². The lowest BCUT2D eigenvalue weighted by atomic mass is 10.0. The highest BCUT2D eigenvalue weighted by Crippen LogP contribution is 2.34. The maximum absolute atomic E-state index is 13.9. The van der Waals surface area contributed by atoms with E-state index in [1.165, 1.54) is 4.52 Å². The molecule has 5 aromatic rings. The molecule has 6 nitrogen and oxygen atoms in total. The average molecular weight is 488 g/mol. The first-order chi connectivity index (χ1) is 17.6. The maximum Gasteiger partial charge on any atom is 0.280 e. The van der Waals surface area contributed by atoms with Crippen LogP contribution in [0.25, 0.3) is 38.9 Å². The van der Waals surface area contributed by atoms with Crippen LogP contribution in [-0.4, -0.2) is 46.0 Å². The molecule has 0 radical (unpaired) electrons. The Hall–Kier alpha value is -4.07. The molecule has 36 heavy (non-hydrogen) atoms. The van der Waals surface area contributed by atoms with Crippen molar-refractivity contribution < 1.29 is 8.78 Å². The molecule has 0 aliphatic heterocycles. The Morgan fingerprint density at radius 1 is 0.944 bits per heavy atom. The highest BCUT2D eigenvalue weighted by atomic mass is 19.1. The Morgan fingerprint density at radius 2 is 1.69 bits per heavy atom. The minimum absolute atomic E-state index is 0.236. The van der Waals surface area contributed by atoms with Crippen LogP contribution in [0.1, 0.15) is 18.5 Å². The second-order valence-electron chi connectivity index (χ2n) is 8.72. The van der Waals surface area contributed by atoms with E-state index >= 15 is 0 Å². The number of hydrogen-bond acceptors (Lipinski definition) is 4. The van der Waals surface area contributed by atoms with E-state index in [1.54, 1.807) is 6.20 Å². The summed E-state index contributed by atoms with van der Waals surface area (Å²) < 4.78 is 27.8. The van der Waals surface area contributed by atoms with Gasteiger partial charge in [-0.2, -0.15) is 4.52 Å². The van der Waals surface area contributed by atoms with E-state index in [0.717, 1.165) is 22.0 Å². The number of rotatable bonds is 9. The predicted octanol–water partition coefficient (Wildman–Crippen LogP) is 5.74. The van der Waals surface area contributed by atoms with Gasteiger partial charge in [0, 0.05) is 30.2 Å². The fourth-order valence-electron chi connectivity index (χ4n) is 4.67. The van der Waals surface area contributed by atoms with Crippen LogP contribution >= 0.6 is 0 Å². The number of H-pyrrole nitrogens is 1. The van der Waals surface area contributed by atoms with Gasteiger partial charge in [0.1, 0.15) is 5.69 Å². The summed E-state index contributed by atoms with van der Waals surface area (Å²) in [5, 5.41) is 4.19. The molecule has 2 aromatic carbocycles. The molecule has 0 spiro atoms. The molecule has 0 fully saturated rings. The van der Waals surface area contributed by atoms with Crippen molar-refractivity contribution in [2.45, 2.75) is 19.8 Å². The van der Waals surface area contributed by atoms with Crippen LogP contribution in [0.3, 0.4) is 0 Å². The zero-order valence-corrected chi connectivity index (χ0v) is 20.0. The van der Waals surface area contributed by atoms with Crippen LogP contribution in [0, 0.1) is 6.92 Å². The molecule has 1 N–H and O–H groups in total. The van der Waals surface area contributed by atoms with Gasteiger partial charge in [-0.3, -0.25) is 23.7 Å². The summed E-state index contributed by atoms with van der Waals surface area (Å²) in [6.45, 7) is 1.62. The van der Waals surface area contributed by atoms with Gasteiger partial charge in [-0.05, 0) is 43.5 Å². The summed E-state index contributed by atoms with van der Waals surface area (Å²) in [4.78, 5) is 25.0. The Labute approximate surface area is 207 Å². The van der Waals surface area contributed by atoms with Gasteiger partial charge in [0.05, 0.1) is 35.8 Å². The van der Waals surface area contributed by atoms with E-state index < -0.39 is 13.3 Å². The topological polar surface area (TPSA) is 66.3 Å². The molecule has 8 heteroatoms. The van der Waals surface area contributed by atoms with Gasteiger partial charge in [0.2, 0.25) is 0 Å². The number of nitrogens with zero attached hydrogens (tertiary/aromatic N) is 4. The first-order valence-corrected chi connectivity index (χ1v) is 12.0. The summed E-state index contributed by atoms with van der Waals surface area (Å²) in [7, 11) is 0. The minimum Gasteiger partial charge on any atom is -0.367 e. The maximum atomic E-state index is 13.9. The van der Waals surface area contributed by atoms with E-state index in [4.69, 9.17) is 4.98 Å². The van der Waals surface area contributed by atoms with Crippen molar-refractivity contribution in [1.29, 1.82) is 0 Å². The van der Waals surface area contributed by atoms with Crippen LogP contribution in [0.5, 0.6) is 0 Å². The second kappa shape index (κ2) is 10.3. The van der Waals surface area contributed by atoms with Crippen LogP contribution in [-0.2, 0) is 0 Å². The average Bonchev–Trinajstić information content (AvgIpc) is 3.29. The summed E-state index contributed by atoms with van der Waals surface area (Å²) >= 11 is 0. The van der Waals surface area contributed by atoms with Crippen LogP contribution in [0.15, 0.2) is 71.7 Å². The molecule has 0 saturated heterocycles. The second-order valence-corrected chi connectivity index (χ2v) is 8.72. The zero-order chi connectivity index (χ0) is 25.1. The quantitative estimate of drug-likeness (QED) is 0.288. The molecule has 0 atom stereocenters. The third-order valence-electron chi connectivity index (χ3n) is 6.33. The summed E-state index contributed by atoms with van der Waals surface area (Å²) in [6, 6.07) is 19.1. The first-order valence-electron chi connectivity index (χ1n) is 12.0. The number of fused-ring (bicyclic) bond motifs is 2. The van der Waals surface area contributed by atoms with Crippen molar-refractivity contribution in [3.05, 3.63) is 82.9 Å². The number of aryl methyl sites for hydroxylation is 1. The monoisotopic (exact) mass is 487 g/mol. The van der Waals surface area contributed by atoms with Gasteiger partial charge in [0.25, 0.3) is 5.56 Å². The summed E-state index contributed by atoms with van der Waals surface area (Å²) in [5.41, 5.74) is 5.11. The van der Waals surface area contributed by atoms with Crippen molar-refractivity contribution in [1.82, 2.24) is 19.6 Å². The molecule has 0 unspecified atom stereocenters. The number of pyridine rings is 1. The Morgan fingerprint density at radius 3 is 2.42 bits per heavy atom. The molecule has 0 amide bonds. The number of aromatic nitrogens is 4. The van der Waals surface area contributed by atoms with Gasteiger partial charge >= 0.3 is 0 Å². The van der Waals surface area contributed by atoms with Crippen molar-refractivity contribution >= 4 is 22.2 Å². The molecule has 0 bridgehead atoms. The highest BCUT2D eigenvalue weighted by molar-refractivity contribution is 5.88. The smallest absolute Gasteiger partial charge is 0.280 e. The number of benzene rings is 2. The predicted molar refractivity (Wildman–Crippen MR) is 140 cm³/mol. The van der Waals surface area contributed by atoms with Crippen molar-refractivity contribution in [2.75, 3.05) is 31.3 Å². The van der Waals surface area contributed by atoms with Crippen LogP contribution in [0.4, 0.5) is 14.5 Å². The number of hydrogen-bond donors (Lipinski definition) is 1. The number of aromatic amines is 1. The fourth-order valence-corrected chi connectivity index (χ4v) is 4.67. The molecule has 0 aliphatic rings. The summed E-state index contributed by atoms with van der Waals surface area (Å²) in [6.07, 6.45) is 2.33. The van der Waals surface area contributed by atoms with E-state index in [0.29, 0.717) is 54.2 Å². The molecule has 5 rings (SSSR count).